The highest BCUT2D eigenvalue weighted by atomic mass is 32.1. The summed E-state index contributed by atoms with van der Waals surface area (Å²) in [7, 11) is 0. The predicted molar refractivity (Wildman–Crippen MR) is 19.7 cm³/mol. The maximum absolute atomic E-state index is 9.30. The summed E-state index contributed by atoms with van der Waals surface area (Å²) < 4.78 is 9.30. The van der Waals surface area contributed by atoms with Crippen LogP contribution in [-0.4, -0.2) is 10.5 Å². The maximum atomic E-state index is 9.30. The summed E-state index contributed by atoms with van der Waals surface area (Å²) in [4.78, 5) is 0. The summed E-state index contributed by atoms with van der Waals surface area (Å²) >= 11 is 0.185. The fraction of sp³-hybridized carbons (Fsp3) is 1.00. The molecule has 1 unspecified atom stereocenters. The number of rotatable bonds is 1. The van der Waals surface area contributed by atoms with Gasteiger partial charge in [-0.3, -0.25) is 0 Å². The van der Waals surface area contributed by atoms with Gasteiger partial charge in [-0.2, -0.15) is 0 Å². The van der Waals surface area contributed by atoms with E-state index in [1.165, 1.54) is 6.92 Å². The van der Waals surface area contributed by atoms with Gasteiger partial charge >= 0.3 is 17.1 Å². The molecule has 0 saturated carbocycles. The SMILES string of the molecule is CC(O)[S+]=O. The van der Waals surface area contributed by atoms with E-state index in [0.29, 0.717) is 0 Å². The average molecular weight is 93.1 g/mol. The first kappa shape index (κ1) is 4.98. The van der Waals surface area contributed by atoms with Crippen LogP contribution in [0.2, 0.25) is 0 Å². The third kappa shape index (κ3) is 3.98. The monoisotopic (exact) mass is 93.0 g/mol. The number of aliphatic hydroxyl groups is 1. The van der Waals surface area contributed by atoms with Crippen molar-refractivity contribution in [3.05, 3.63) is 0 Å². The van der Waals surface area contributed by atoms with Gasteiger partial charge in [0, 0.05) is 11.1 Å². The zero-order valence-corrected chi connectivity index (χ0v) is 3.66. The van der Waals surface area contributed by atoms with Crippen molar-refractivity contribution in [2.75, 3.05) is 0 Å². The molecule has 0 saturated heterocycles. The molecule has 0 bridgehead atoms. The number of hydrogen-bond donors (Lipinski definition) is 1. The summed E-state index contributed by atoms with van der Waals surface area (Å²) in [5, 5.41) is 8.01. The van der Waals surface area contributed by atoms with Crippen molar-refractivity contribution < 1.29 is 9.32 Å². The van der Waals surface area contributed by atoms with E-state index in [1.54, 1.807) is 0 Å². The summed E-state index contributed by atoms with van der Waals surface area (Å²) in [6.07, 6.45) is 0. The van der Waals surface area contributed by atoms with Crippen molar-refractivity contribution in [3.63, 3.8) is 0 Å². The Morgan fingerprint density at radius 1 is 2.00 bits per heavy atom. The van der Waals surface area contributed by atoms with Crippen LogP contribution in [0.15, 0.2) is 0 Å². The van der Waals surface area contributed by atoms with Crippen LogP contribution in [0.4, 0.5) is 0 Å². The Kier molecular flexibility index (Phi) is 2.22. The van der Waals surface area contributed by atoms with Gasteiger partial charge in [-0.05, 0) is 0 Å². The molecule has 0 aliphatic heterocycles. The highest BCUT2D eigenvalue weighted by Crippen LogP contribution is 1.68. The van der Waals surface area contributed by atoms with Gasteiger partial charge in [0.1, 0.15) is 0 Å². The molecular formula is C2H5O2S+. The molecule has 0 fully saturated rings. The topological polar surface area (TPSA) is 37.3 Å². The summed E-state index contributed by atoms with van der Waals surface area (Å²) in [5.74, 6) is 0. The fourth-order valence-corrected chi connectivity index (χ4v) is 0. The molecule has 0 amide bonds. The largest absolute Gasteiger partial charge is 0.492 e. The van der Waals surface area contributed by atoms with Crippen molar-refractivity contribution >= 4 is 11.7 Å². The van der Waals surface area contributed by atoms with Crippen molar-refractivity contribution in [1.29, 1.82) is 0 Å². The summed E-state index contributed by atoms with van der Waals surface area (Å²) in [5.41, 5.74) is -0.755. The first-order valence-corrected chi connectivity index (χ1v) is 2.04. The van der Waals surface area contributed by atoms with Crippen molar-refractivity contribution in [2.45, 2.75) is 12.4 Å². The van der Waals surface area contributed by atoms with Gasteiger partial charge in [0.2, 0.25) is 0 Å². The standard InChI is InChI=1S/C2H5O2S/c1-2(3)5-4/h2-3H,1H3/q+1. The molecule has 1 atom stereocenters. The molecule has 2 nitrogen and oxygen atoms in total. The summed E-state index contributed by atoms with van der Waals surface area (Å²) in [6.45, 7) is 1.43. The van der Waals surface area contributed by atoms with E-state index >= 15 is 0 Å². The van der Waals surface area contributed by atoms with Crippen molar-refractivity contribution in [1.82, 2.24) is 0 Å². The molecule has 0 aromatic heterocycles. The van der Waals surface area contributed by atoms with Gasteiger partial charge in [-0.15, -0.1) is 0 Å². The van der Waals surface area contributed by atoms with Crippen molar-refractivity contribution in [3.8, 4) is 0 Å². The van der Waals surface area contributed by atoms with Crippen LogP contribution in [0.5, 0.6) is 0 Å². The van der Waals surface area contributed by atoms with Gasteiger partial charge in [-0.1, -0.05) is 0 Å². The molecule has 3 heteroatoms. The average Bonchev–Trinajstić information content (AvgIpc) is 1.38. The highest BCUT2D eigenvalue weighted by molar-refractivity contribution is 7.66. The molecular weight excluding hydrogens is 88.1 g/mol. The Bertz CT molecular complexity index is 34.6. The quantitative estimate of drug-likeness (QED) is 0.358. The second-order valence-corrected chi connectivity index (χ2v) is 1.57. The smallest absolute Gasteiger partial charge is 0.339 e. The minimum atomic E-state index is -0.755. The van der Waals surface area contributed by atoms with Crippen LogP contribution in [0.3, 0.4) is 0 Å². The lowest BCUT2D eigenvalue weighted by atomic mass is 10.9. The lowest BCUT2D eigenvalue weighted by Crippen LogP contribution is -1.92. The Morgan fingerprint density at radius 3 is 2.20 bits per heavy atom. The molecule has 0 spiro atoms. The number of hydrogen-bond acceptors (Lipinski definition) is 2. The minimum Gasteiger partial charge on any atom is -0.339 e. The third-order valence-electron chi connectivity index (χ3n) is 0.139. The molecule has 0 aromatic rings. The Morgan fingerprint density at radius 2 is 2.20 bits per heavy atom. The second-order valence-electron chi connectivity index (χ2n) is 0.696. The highest BCUT2D eigenvalue weighted by Gasteiger charge is 2.03. The molecule has 0 heterocycles. The van der Waals surface area contributed by atoms with Crippen LogP contribution in [0.1, 0.15) is 6.92 Å². The molecule has 30 valence electrons. The zero-order valence-electron chi connectivity index (χ0n) is 2.84. The van der Waals surface area contributed by atoms with Gasteiger partial charge in [0.25, 0.3) is 0 Å². The molecule has 0 rings (SSSR count). The molecule has 0 aliphatic carbocycles. The van der Waals surface area contributed by atoms with E-state index in [-0.39, 0.29) is 11.7 Å². The molecule has 0 aromatic carbocycles. The van der Waals surface area contributed by atoms with E-state index in [4.69, 9.17) is 5.11 Å². The molecule has 5 heavy (non-hydrogen) atoms. The van der Waals surface area contributed by atoms with Gasteiger partial charge in [-0.25, -0.2) is 0 Å². The van der Waals surface area contributed by atoms with Crippen molar-refractivity contribution in [2.24, 2.45) is 0 Å². The van der Waals surface area contributed by atoms with Gasteiger partial charge < -0.3 is 5.11 Å². The zero-order chi connectivity index (χ0) is 4.28. The molecule has 0 aliphatic rings. The van der Waals surface area contributed by atoms with E-state index in [0.717, 1.165) is 0 Å². The predicted octanol–water partition coefficient (Wildman–Crippen LogP) is -0.247. The fourth-order valence-electron chi connectivity index (χ4n) is 0. The first-order valence-electron chi connectivity index (χ1n) is 1.24. The van der Waals surface area contributed by atoms with Crippen LogP contribution in [-0.2, 0) is 15.9 Å². The Balaban J connectivity index is 2.83. The maximum Gasteiger partial charge on any atom is 0.492 e. The minimum absolute atomic E-state index is 0.185. The third-order valence-corrected chi connectivity index (χ3v) is 0.418. The lowest BCUT2D eigenvalue weighted by Gasteiger charge is -1.61. The van der Waals surface area contributed by atoms with E-state index < -0.39 is 5.44 Å². The lowest BCUT2D eigenvalue weighted by molar-refractivity contribution is 0.279. The van der Waals surface area contributed by atoms with Crippen LogP contribution in [0, 0.1) is 0 Å². The van der Waals surface area contributed by atoms with E-state index in [2.05, 4.69) is 0 Å². The van der Waals surface area contributed by atoms with Crippen LogP contribution >= 0.6 is 0 Å². The number of aliphatic hydroxyl groups excluding tert-OH is 1. The van der Waals surface area contributed by atoms with E-state index in [9.17, 15) is 4.21 Å². The van der Waals surface area contributed by atoms with Gasteiger partial charge in [0.15, 0.2) is 0 Å². The first-order chi connectivity index (χ1) is 2.27. The second kappa shape index (κ2) is 2.23. The van der Waals surface area contributed by atoms with Crippen LogP contribution in [0.25, 0.3) is 0 Å². The molecule has 1 N–H and O–H groups in total. The molecule has 0 radical (unpaired) electrons. The Labute approximate surface area is 34.3 Å². The Hall–Kier alpha value is -0.0200. The van der Waals surface area contributed by atoms with Crippen LogP contribution < -0.4 is 0 Å². The summed E-state index contributed by atoms with van der Waals surface area (Å²) in [6, 6.07) is 0. The van der Waals surface area contributed by atoms with E-state index in [1.807, 2.05) is 0 Å². The van der Waals surface area contributed by atoms with Gasteiger partial charge in [0.05, 0.1) is 0 Å². The normalized spacial score (nSPS) is 14.0.